The lowest BCUT2D eigenvalue weighted by molar-refractivity contribution is -0.261. The standard InChI is InChI=1S/C42H40O5/c1-6-16-33(17-7-1)26-27-38-40(44-29-35-20-10-3-11-21-35)42(46-31-37-24-14-5-15-25-37)41(45-30-36-22-12-4-13-23-36)39(47-38)32-43-28-34-18-8-2-9-19-34/h1-25,38-42H,28-32H2/t38-,39+,40-,41+,42+/m0/s1. The first-order chi connectivity index (χ1) is 23.3. The van der Waals surface area contributed by atoms with Crippen LogP contribution in [0.4, 0.5) is 0 Å². The van der Waals surface area contributed by atoms with Crippen molar-refractivity contribution >= 4 is 0 Å². The van der Waals surface area contributed by atoms with E-state index in [9.17, 15) is 0 Å². The summed E-state index contributed by atoms with van der Waals surface area (Å²) in [6.07, 6.45) is -2.60. The van der Waals surface area contributed by atoms with Gasteiger partial charge in [0.25, 0.3) is 0 Å². The van der Waals surface area contributed by atoms with Crippen molar-refractivity contribution < 1.29 is 23.7 Å². The third-order valence-electron chi connectivity index (χ3n) is 8.02. The van der Waals surface area contributed by atoms with Crippen molar-refractivity contribution in [1.29, 1.82) is 0 Å². The molecule has 0 N–H and O–H groups in total. The van der Waals surface area contributed by atoms with Crippen LogP contribution in [0.2, 0.25) is 0 Å². The van der Waals surface area contributed by atoms with E-state index in [1.54, 1.807) is 0 Å². The van der Waals surface area contributed by atoms with Crippen molar-refractivity contribution in [3.63, 3.8) is 0 Å². The minimum Gasteiger partial charge on any atom is -0.374 e. The average molecular weight is 625 g/mol. The Kier molecular flexibility index (Phi) is 12.0. The highest BCUT2D eigenvalue weighted by Gasteiger charge is 2.48. The molecule has 0 saturated carbocycles. The van der Waals surface area contributed by atoms with Gasteiger partial charge in [0.1, 0.15) is 30.5 Å². The van der Waals surface area contributed by atoms with Crippen LogP contribution in [0.1, 0.15) is 27.8 Å². The van der Waals surface area contributed by atoms with Crippen molar-refractivity contribution in [1.82, 2.24) is 0 Å². The van der Waals surface area contributed by atoms with Crippen LogP contribution < -0.4 is 0 Å². The zero-order valence-corrected chi connectivity index (χ0v) is 26.4. The highest BCUT2D eigenvalue weighted by Crippen LogP contribution is 2.31. The Balaban J connectivity index is 1.32. The molecule has 5 aromatic rings. The Bertz CT molecular complexity index is 1650. The van der Waals surface area contributed by atoms with Gasteiger partial charge in [-0.2, -0.15) is 0 Å². The Morgan fingerprint density at radius 1 is 0.447 bits per heavy atom. The molecule has 0 aromatic heterocycles. The molecule has 1 aliphatic heterocycles. The number of ether oxygens (including phenoxy) is 5. The second kappa shape index (κ2) is 17.4. The van der Waals surface area contributed by atoms with E-state index in [1.165, 1.54) is 0 Å². The van der Waals surface area contributed by atoms with Gasteiger partial charge < -0.3 is 23.7 Å². The predicted molar refractivity (Wildman–Crippen MR) is 183 cm³/mol. The van der Waals surface area contributed by atoms with Crippen LogP contribution in [0.5, 0.6) is 0 Å². The highest BCUT2D eigenvalue weighted by molar-refractivity contribution is 5.35. The number of hydrogen-bond donors (Lipinski definition) is 0. The molecule has 47 heavy (non-hydrogen) atoms. The van der Waals surface area contributed by atoms with Crippen molar-refractivity contribution in [2.45, 2.75) is 56.9 Å². The van der Waals surface area contributed by atoms with Gasteiger partial charge in [0.15, 0.2) is 0 Å². The van der Waals surface area contributed by atoms with Crippen LogP contribution in [0.15, 0.2) is 152 Å². The molecule has 0 aliphatic carbocycles. The molecule has 6 rings (SSSR count). The molecule has 5 nitrogen and oxygen atoms in total. The van der Waals surface area contributed by atoms with Gasteiger partial charge in [-0.15, -0.1) is 0 Å². The smallest absolute Gasteiger partial charge is 0.147 e. The molecule has 1 aliphatic rings. The Hall–Kier alpha value is -4.54. The summed E-state index contributed by atoms with van der Waals surface area (Å²) in [7, 11) is 0. The summed E-state index contributed by atoms with van der Waals surface area (Å²) in [4.78, 5) is 0. The van der Waals surface area contributed by atoms with Crippen LogP contribution >= 0.6 is 0 Å². The lowest BCUT2D eigenvalue weighted by Gasteiger charge is -2.45. The molecule has 5 heteroatoms. The summed E-state index contributed by atoms with van der Waals surface area (Å²) in [5, 5.41) is 0. The summed E-state index contributed by atoms with van der Waals surface area (Å²) in [5.41, 5.74) is 5.17. The lowest BCUT2D eigenvalue weighted by atomic mass is 9.94. The third kappa shape index (κ3) is 9.73. The van der Waals surface area contributed by atoms with Gasteiger partial charge >= 0.3 is 0 Å². The van der Waals surface area contributed by atoms with Crippen molar-refractivity contribution in [2.24, 2.45) is 0 Å². The van der Waals surface area contributed by atoms with E-state index in [-0.39, 0.29) is 0 Å². The molecule has 0 radical (unpaired) electrons. The SMILES string of the molecule is C(#C[C@@H]1O[C@H](COCc2ccccc2)[C@@H](OCc2ccccc2)[C@H](OCc2ccccc2)[C@H]1OCc1ccccc1)c1ccccc1. The van der Waals surface area contributed by atoms with E-state index in [1.807, 2.05) is 103 Å². The van der Waals surface area contributed by atoms with Crippen molar-refractivity contribution in [2.75, 3.05) is 6.61 Å². The number of benzene rings is 5. The molecule has 0 amide bonds. The monoisotopic (exact) mass is 624 g/mol. The predicted octanol–water partition coefficient (Wildman–Crippen LogP) is 7.78. The maximum atomic E-state index is 6.80. The molecular formula is C42H40O5. The first-order valence-corrected chi connectivity index (χ1v) is 16.1. The van der Waals surface area contributed by atoms with E-state index in [0.717, 1.165) is 27.8 Å². The van der Waals surface area contributed by atoms with E-state index in [0.29, 0.717) is 33.0 Å². The van der Waals surface area contributed by atoms with E-state index in [4.69, 9.17) is 23.7 Å². The Labute approximate surface area is 278 Å². The van der Waals surface area contributed by atoms with E-state index >= 15 is 0 Å². The zero-order chi connectivity index (χ0) is 31.9. The van der Waals surface area contributed by atoms with E-state index < -0.39 is 30.5 Å². The fourth-order valence-corrected chi connectivity index (χ4v) is 5.58. The second-order valence-electron chi connectivity index (χ2n) is 11.5. The first-order valence-electron chi connectivity index (χ1n) is 16.1. The molecule has 238 valence electrons. The third-order valence-corrected chi connectivity index (χ3v) is 8.02. The molecular weight excluding hydrogens is 584 g/mol. The maximum Gasteiger partial charge on any atom is 0.147 e. The van der Waals surface area contributed by atoms with Gasteiger partial charge in [0, 0.05) is 5.56 Å². The lowest BCUT2D eigenvalue weighted by Crippen LogP contribution is -2.60. The van der Waals surface area contributed by atoms with Crippen LogP contribution in [-0.2, 0) is 50.1 Å². The average Bonchev–Trinajstić information content (AvgIpc) is 3.14. The largest absolute Gasteiger partial charge is 0.374 e. The second-order valence-corrected chi connectivity index (χ2v) is 11.5. The normalized spacial score (nSPS) is 20.6. The molecule has 0 spiro atoms. The quantitative estimate of drug-likeness (QED) is 0.125. The van der Waals surface area contributed by atoms with Gasteiger partial charge in [0.05, 0.1) is 33.0 Å². The molecule has 0 unspecified atom stereocenters. The Morgan fingerprint density at radius 2 is 0.851 bits per heavy atom. The topological polar surface area (TPSA) is 46.2 Å². The molecule has 1 saturated heterocycles. The van der Waals surface area contributed by atoms with Crippen molar-refractivity contribution in [3.8, 4) is 11.8 Å². The summed E-state index contributed by atoms with van der Waals surface area (Å²) < 4.78 is 33.3. The van der Waals surface area contributed by atoms with Gasteiger partial charge in [-0.1, -0.05) is 151 Å². The summed E-state index contributed by atoms with van der Waals surface area (Å²) in [6, 6.07) is 50.5. The fraction of sp³-hybridized carbons (Fsp3) is 0.238. The van der Waals surface area contributed by atoms with Crippen LogP contribution in [0.3, 0.4) is 0 Å². The molecule has 0 bridgehead atoms. The molecule has 1 fully saturated rings. The van der Waals surface area contributed by atoms with E-state index in [2.05, 4.69) is 60.4 Å². The first kappa shape index (κ1) is 32.4. The van der Waals surface area contributed by atoms with Gasteiger partial charge in [-0.05, 0) is 34.4 Å². The Morgan fingerprint density at radius 3 is 1.34 bits per heavy atom. The number of hydrogen-bond acceptors (Lipinski definition) is 5. The molecule has 1 heterocycles. The van der Waals surface area contributed by atoms with Gasteiger partial charge in [-0.3, -0.25) is 0 Å². The highest BCUT2D eigenvalue weighted by atomic mass is 16.6. The van der Waals surface area contributed by atoms with Crippen molar-refractivity contribution in [3.05, 3.63) is 179 Å². The fourth-order valence-electron chi connectivity index (χ4n) is 5.58. The summed E-state index contributed by atoms with van der Waals surface area (Å²) in [5.74, 6) is 6.72. The van der Waals surface area contributed by atoms with Crippen LogP contribution in [0, 0.1) is 11.8 Å². The minimum atomic E-state index is -0.596. The van der Waals surface area contributed by atoms with Gasteiger partial charge in [-0.25, -0.2) is 0 Å². The van der Waals surface area contributed by atoms with Crippen LogP contribution in [0.25, 0.3) is 0 Å². The summed E-state index contributed by atoms with van der Waals surface area (Å²) >= 11 is 0. The molecule has 5 aromatic carbocycles. The maximum absolute atomic E-state index is 6.80. The summed E-state index contributed by atoms with van der Waals surface area (Å²) in [6.45, 7) is 1.91. The zero-order valence-electron chi connectivity index (χ0n) is 26.4. The van der Waals surface area contributed by atoms with Crippen LogP contribution in [-0.4, -0.2) is 37.1 Å². The van der Waals surface area contributed by atoms with Gasteiger partial charge in [0.2, 0.25) is 0 Å². The minimum absolute atomic E-state index is 0.300. The molecule has 5 atom stereocenters. The number of rotatable bonds is 13.